The van der Waals surface area contributed by atoms with Gasteiger partial charge in [0.05, 0.1) is 23.7 Å². The minimum Gasteiger partial charge on any atom is -0.496 e. The Bertz CT molecular complexity index is 1100. The number of carbonyl (C=O) groups excluding carboxylic acids is 1. The van der Waals surface area contributed by atoms with Crippen molar-refractivity contribution in [3.05, 3.63) is 76.8 Å². The summed E-state index contributed by atoms with van der Waals surface area (Å²) in [6.45, 7) is 0. The second-order valence-electron chi connectivity index (χ2n) is 5.98. The number of halogens is 1. The van der Waals surface area contributed by atoms with Gasteiger partial charge in [0.2, 0.25) is 0 Å². The zero-order valence-electron chi connectivity index (χ0n) is 14.5. The molecule has 0 radical (unpaired) electrons. The molecule has 4 aromatic rings. The number of hydrogen-bond donors (Lipinski definition) is 2. The number of ether oxygens (including phenoxy) is 1. The molecule has 0 fully saturated rings. The fourth-order valence-electron chi connectivity index (χ4n) is 2.89. The molecule has 4 rings (SSSR count). The molecule has 0 aliphatic heterocycles. The van der Waals surface area contributed by atoms with E-state index < -0.39 is 0 Å². The van der Waals surface area contributed by atoms with E-state index in [1.54, 1.807) is 19.2 Å². The van der Waals surface area contributed by atoms with Crippen LogP contribution in [0.25, 0.3) is 22.4 Å². The predicted molar refractivity (Wildman–Crippen MR) is 110 cm³/mol. The van der Waals surface area contributed by atoms with Crippen LogP contribution in [0.2, 0.25) is 0 Å². The molecule has 1 aromatic heterocycles. The molecule has 2 N–H and O–H groups in total. The average molecular weight is 422 g/mol. The summed E-state index contributed by atoms with van der Waals surface area (Å²) in [4.78, 5) is 20.6. The summed E-state index contributed by atoms with van der Waals surface area (Å²) < 4.78 is 6.10. The van der Waals surface area contributed by atoms with Crippen molar-refractivity contribution in [1.82, 2.24) is 9.97 Å². The lowest BCUT2D eigenvalue weighted by atomic mass is 10.1. The summed E-state index contributed by atoms with van der Waals surface area (Å²) in [5.74, 6) is 1.03. The number of methoxy groups -OCH3 is 1. The van der Waals surface area contributed by atoms with Crippen LogP contribution in [-0.4, -0.2) is 23.0 Å². The van der Waals surface area contributed by atoms with Gasteiger partial charge in [-0.15, -0.1) is 0 Å². The minimum absolute atomic E-state index is 0.241. The van der Waals surface area contributed by atoms with Crippen molar-refractivity contribution in [3.63, 3.8) is 0 Å². The topological polar surface area (TPSA) is 67.0 Å². The first-order valence-electron chi connectivity index (χ1n) is 8.34. The Balaban J connectivity index is 1.63. The smallest absolute Gasteiger partial charge is 0.259 e. The SMILES string of the molecule is COc1ccc(Br)cc1C(=O)Nc1cccc(-c2nc3ccccc3[nH]2)c1. The number of rotatable bonds is 4. The Morgan fingerprint density at radius 3 is 2.74 bits per heavy atom. The maximum absolute atomic E-state index is 12.7. The fraction of sp³-hybridized carbons (Fsp3) is 0.0476. The van der Waals surface area contributed by atoms with Crippen molar-refractivity contribution in [3.8, 4) is 17.1 Å². The van der Waals surface area contributed by atoms with E-state index in [2.05, 4.69) is 31.2 Å². The van der Waals surface area contributed by atoms with Gasteiger partial charge in [0, 0.05) is 15.7 Å². The molecule has 1 heterocycles. The van der Waals surface area contributed by atoms with Crippen molar-refractivity contribution >= 4 is 38.6 Å². The maximum atomic E-state index is 12.7. The number of amides is 1. The van der Waals surface area contributed by atoms with Gasteiger partial charge in [0.15, 0.2) is 0 Å². The molecule has 0 aliphatic rings. The van der Waals surface area contributed by atoms with Gasteiger partial charge < -0.3 is 15.0 Å². The molecule has 27 heavy (non-hydrogen) atoms. The first kappa shape index (κ1) is 17.3. The highest BCUT2D eigenvalue weighted by molar-refractivity contribution is 9.10. The summed E-state index contributed by atoms with van der Waals surface area (Å²) in [5, 5.41) is 2.92. The molecule has 6 heteroatoms. The third kappa shape index (κ3) is 3.57. The van der Waals surface area contributed by atoms with Gasteiger partial charge in [-0.1, -0.05) is 40.2 Å². The molecule has 0 atom stereocenters. The molecule has 1 amide bonds. The van der Waals surface area contributed by atoms with Crippen LogP contribution in [0.3, 0.4) is 0 Å². The van der Waals surface area contributed by atoms with Crippen LogP contribution in [0.4, 0.5) is 5.69 Å². The summed E-state index contributed by atoms with van der Waals surface area (Å²) >= 11 is 3.39. The number of hydrogen-bond acceptors (Lipinski definition) is 3. The Hall–Kier alpha value is -3.12. The van der Waals surface area contributed by atoms with Crippen molar-refractivity contribution in [2.45, 2.75) is 0 Å². The Kier molecular flexibility index (Phi) is 4.64. The highest BCUT2D eigenvalue weighted by Crippen LogP contribution is 2.26. The molecule has 5 nitrogen and oxygen atoms in total. The number of para-hydroxylation sites is 2. The second kappa shape index (κ2) is 7.25. The van der Waals surface area contributed by atoms with Gasteiger partial charge in [-0.3, -0.25) is 4.79 Å². The van der Waals surface area contributed by atoms with Crippen LogP contribution in [0.1, 0.15) is 10.4 Å². The van der Waals surface area contributed by atoms with Crippen LogP contribution in [-0.2, 0) is 0 Å². The van der Waals surface area contributed by atoms with Crippen LogP contribution in [0.15, 0.2) is 71.2 Å². The zero-order chi connectivity index (χ0) is 18.8. The van der Waals surface area contributed by atoms with E-state index in [0.717, 1.165) is 26.9 Å². The summed E-state index contributed by atoms with van der Waals surface area (Å²) in [6, 6.07) is 20.7. The van der Waals surface area contributed by atoms with E-state index in [9.17, 15) is 4.79 Å². The van der Waals surface area contributed by atoms with Crippen molar-refractivity contribution in [1.29, 1.82) is 0 Å². The summed E-state index contributed by atoms with van der Waals surface area (Å²) in [5.41, 5.74) is 3.91. The van der Waals surface area contributed by atoms with Gasteiger partial charge in [0.1, 0.15) is 11.6 Å². The number of aromatic amines is 1. The minimum atomic E-state index is -0.241. The monoisotopic (exact) mass is 421 g/mol. The molecule has 0 saturated heterocycles. The number of benzene rings is 3. The third-order valence-corrected chi connectivity index (χ3v) is 4.68. The van der Waals surface area contributed by atoms with E-state index >= 15 is 0 Å². The highest BCUT2D eigenvalue weighted by atomic mass is 79.9. The predicted octanol–water partition coefficient (Wildman–Crippen LogP) is 5.25. The number of carbonyl (C=O) groups is 1. The third-order valence-electron chi connectivity index (χ3n) is 4.19. The number of aromatic nitrogens is 2. The average Bonchev–Trinajstić information content (AvgIpc) is 3.12. The highest BCUT2D eigenvalue weighted by Gasteiger charge is 2.14. The van der Waals surface area contributed by atoms with Crippen LogP contribution < -0.4 is 10.1 Å². The molecule has 0 aliphatic carbocycles. The molecule has 0 bridgehead atoms. The van der Waals surface area contributed by atoms with Crippen molar-refractivity contribution in [2.75, 3.05) is 12.4 Å². The van der Waals surface area contributed by atoms with Gasteiger partial charge in [-0.25, -0.2) is 4.98 Å². The quantitative estimate of drug-likeness (QED) is 0.472. The van der Waals surface area contributed by atoms with E-state index in [1.165, 1.54) is 0 Å². The number of imidazole rings is 1. The van der Waals surface area contributed by atoms with Crippen molar-refractivity contribution < 1.29 is 9.53 Å². The van der Waals surface area contributed by atoms with E-state index in [4.69, 9.17) is 4.74 Å². The van der Waals surface area contributed by atoms with Crippen LogP contribution >= 0.6 is 15.9 Å². The standard InChI is InChI=1S/C21H16BrN3O2/c1-27-19-10-9-14(22)12-16(19)21(26)23-15-6-4-5-13(11-15)20-24-17-7-2-3-8-18(17)25-20/h2-12H,1H3,(H,23,26)(H,24,25). The van der Waals surface area contributed by atoms with Crippen molar-refractivity contribution in [2.24, 2.45) is 0 Å². The lowest BCUT2D eigenvalue weighted by molar-refractivity contribution is 0.102. The molecule has 134 valence electrons. The lowest BCUT2D eigenvalue weighted by Gasteiger charge is -2.10. The molecule has 3 aromatic carbocycles. The van der Waals surface area contributed by atoms with Gasteiger partial charge in [0.25, 0.3) is 5.91 Å². The first-order valence-corrected chi connectivity index (χ1v) is 9.13. The Labute approximate surface area is 164 Å². The maximum Gasteiger partial charge on any atom is 0.259 e. The summed E-state index contributed by atoms with van der Waals surface area (Å²) in [7, 11) is 1.54. The van der Waals surface area contributed by atoms with Gasteiger partial charge >= 0.3 is 0 Å². The zero-order valence-corrected chi connectivity index (χ0v) is 16.1. The molecular formula is C21H16BrN3O2. The van der Waals surface area contributed by atoms with Crippen LogP contribution in [0, 0.1) is 0 Å². The number of anilines is 1. The van der Waals surface area contributed by atoms with Crippen LogP contribution in [0.5, 0.6) is 5.75 Å². The lowest BCUT2D eigenvalue weighted by Crippen LogP contribution is -2.13. The normalized spacial score (nSPS) is 10.7. The molecule has 0 saturated carbocycles. The molecule has 0 spiro atoms. The Morgan fingerprint density at radius 1 is 1.07 bits per heavy atom. The summed E-state index contributed by atoms with van der Waals surface area (Å²) in [6.07, 6.45) is 0. The number of nitrogens with zero attached hydrogens (tertiary/aromatic N) is 1. The number of fused-ring (bicyclic) bond motifs is 1. The fourth-order valence-corrected chi connectivity index (χ4v) is 3.25. The van der Waals surface area contributed by atoms with Gasteiger partial charge in [-0.05, 0) is 42.5 Å². The molecule has 0 unspecified atom stereocenters. The Morgan fingerprint density at radius 2 is 1.93 bits per heavy atom. The first-order chi connectivity index (χ1) is 13.1. The second-order valence-corrected chi connectivity index (χ2v) is 6.90. The van der Waals surface area contributed by atoms with E-state index in [-0.39, 0.29) is 5.91 Å². The van der Waals surface area contributed by atoms with E-state index in [0.29, 0.717) is 17.0 Å². The molecular weight excluding hydrogens is 406 g/mol. The number of nitrogens with one attached hydrogen (secondary N) is 2. The number of H-pyrrole nitrogens is 1. The largest absolute Gasteiger partial charge is 0.496 e. The van der Waals surface area contributed by atoms with E-state index in [1.807, 2.05) is 54.6 Å². The van der Waals surface area contributed by atoms with Gasteiger partial charge in [-0.2, -0.15) is 0 Å².